The molecule has 0 bridgehead atoms. The van der Waals surface area contributed by atoms with E-state index in [0.717, 1.165) is 22.1 Å². The van der Waals surface area contributed by atoms with Gasteiger partial charge in [0.05, 0.1) is 10.0 Å². The molecular formula is C16H15BrCl2FN. The quantitative estimate of drug-likeness (QED) is 0.681. The number of hydrogen-bond donors (Lipinski definition) is 1. The number of rotatable bonds is 5. The summed E-state index contributed by atoms with van der Waals surface area (Å²) < 4.78 is 14.2. The summed E-state index contributed by atoms with van der Waals surface area (Å²) in [5.41, 5.74) is 1.95. The van der Waals surface area contributed by atoms with Crippen molar-refractivity contribution in [1.29, 1.82) is 0 Å². The van der Waals surface area contributed by atoms with E-state index in [9.17, 15) is 4.39 Å². The lowest BCUT2D eigenvalue weighted by atomic mass is 9.98. The second-order valence-electron chi connectivity index (χ2n) is 4.77. The van der Waals surface area contributed by atoms with Crippen molar-refractivity contribution in [3.8, 4) is 0 Å². The zero-order valence-electron chi connectivity index (χ0n) is 11.5. The number of nitrogens with one attached hydrogen (secondary N) is 1. The van der Waals surface area contributed by atoms with Crippen LogP contribution in [0.4, 0.5) is 4.39 Å². The van der Waals surface area contributed by atoms with Crippen molar-refractivity contribution < 1.29 is 4.39 Å². The van der Waals surface area contributed by atoms with Crippen LogP contribution >= 0.6 is 39.1 Å². The first-order valence-electron chi connectivity index (χ1n) is 6.63. The smallest absolute Gasteiger partial charge is 0.124 e. The van der Waals surface area contributed by atoms with E-state index in [1.165, 1.54) is 6.07 Å². The average Bonchev–Trinajstić information content (AvgIpc) is 2.40. The van der Waals surface area contributed by atoms with Gasteiger partial charge in [-0.3, -0.25) is 0 Å². The summed E-state index contributed by atoms with van der Waals surface area (Å²) >= 11 is 15.4. The van der Waals surface area contributed by atoms with Crippen molar-refractivity contribution in [2.24, 2.45) is 0 Å². The van der Waals surface area contributed by atoms with Gasteiger partial charge in [-0.2, -0.15) is 0 Å². The number of benzene rings is 2. The van der Waals surface area contributed by atoms with E-state index in [0.29, 0.717) is 16.5 Å². The van der Waals surface area contributed by atoms with Crippen molar-refractivity contribution in [1.82, 2.24) is 5.32 Å². The Morgan fingerprint density at radius 2 is 1.90 bits per heavy atom. The Balaban J connectivity index is 2.27. The Hall–Kier alpha value is -0.610. The van der Waals surface area contributed by atoms with Gasteiger partial charge in [-0.05, 0) is 54.4 Å². The van der Waals surface area contributed by atoms with Crippen LogP contribution in [0, 0.1) is 5.82 Å². The van der Waals surface area contributed by atoms with Crippen molar-refractivity contribution >= 4 is 39.1 Å². The minimum Gasteiger partial charge on any atom is -0.310 e. The molecule has 0 heterocycles. The molecule has 0 saturated heterocycles. The van der Waals surface area contributed by atoms with Gasteiger partial charge in [-0.25, -0.2) is 4.39 Å². The first kappa shape index (κ1) is 16.8. The van der Waals surface area contributed by atoms with Crippen molar-refractivity contribution in [2.75, 3.05) is 6.54 Å². The molecule has 2 aromatic rings. The van der Waals surface area contributed by atoms with Gasteiger partial charge in [0.1, 0.15) is 5.82 Å². The normalized spacial score (nSPS) is 12.4. The van der Waals surface area contributed by atoms with Gasteiger partial charge >= 0.3 is 0 Å². The molecule has 0 aliphatic heterocycles. The van der Waals surface area contributed by atoms with E-state index in [4.69, 9.17) is 23.2 Å². The predicted molar refractivity (Wildman–Crippen MR) is 90.7 cm³/mol. The van der Waals surface area contributed by atoms with Crippen LogP contribution in [0.2, 0.25) is 10.0 Å². The predicted octanol–water partition coefficient (Wildman–Crippen LogP) is 5.79. The Morgan fingerprint density at radius 3 is 2.52 bits per heavy atom. The number of halogens is 4. The highest BCUT2D eigenvalue weighted by molar-refractivity contribution is 9.10. The van der Waals surface area contributed by atoms with E-state index < -0.39 is 0 Å². The minimum absolute atomic E-state index is 0.0541. The molecule has 2 aromatic carbocycles. The maximum atomic E-state index is 13.5. The van der Waals surface area contributed by atoms with Gasteiger partial charge in [-0.1, -0.05) is 52.1 Å². The molecule has 0 fully saturated rings. The molecule has 0 amide bonds. The standard InChI is InChI=1S/C16H15BrCl2FN/c1-2-21-16(11-3-4-14(18)15(19)8-11)7-10-5-12(17)9-13(20)6-10/h3-6,8-9,16,21H,2,7H2,1H3. The van der Waals surface area contributed by atoms with Crippen molar-refractivity contribution in [2.45, 2.75) is 19.4 Å². The third-order valence-corrected chi connectivity index (χ3v) is 4.36. The molecule has 5 heteroatoms. The zero-order chi connectivity index (χ0) is 15.4. The lowest BCUT2D eigenvalue weighted by Crippen LogP contribution is -2.23. The molecule has 112 valence electrons. The fourth-order valence-corrected chi connectivity index (χ4v) is 3.07. The molecule has 21 heavy (non-hydrogen) atoms. The van der Waals surface area contributed by atoms with Crippen molar-refractivity contribution in [3.63, 3.8) is 0 Å². The Labute approximate surface area is 142 Å². The lowest BCUT2D eigenvalue weighted by molar-refractivity contribution is 0.546. The Kier molecular flexibility index (Phi) is 6.06. The summed E-state index contributed by atoms with van der Waals surface area (Å²) in [6.45, 7) is 2.84. The fraction of sp³-hybridized carbons (Fsp3) is 0.250. The summed E-state index contributed by atoms with van der Waals surface area (Å²) in [5, 5.41) is 4.45. The van der Waals surface area contributed by atoms with E-state index in [2.05, 4.69) is 21.2 Å². The van der Waals surface area contributed by atoms with Crippen LogP contribution in [0.15, 0.2) is 40.9 Å². The van der Waals surface area contributed by atoms with E-state index in [1.54, 1.807) is 12.1 Å². The van der Waals surface area contributed by atoms with Crippen LogP contribution < -0.4 is 5.32 Å². The average molecular weight is 391 g/mol. The third-order valence-electron chi connectivity index (χ3n) is 3.16. The molecule has 0 radical (unpaired) electrons. The molecule has 1 unspecified atom stereocenters. The van der Waals surface area contributed by atoms with E-state index in [1.807, 2.05) is 25.1 Å². The van der Waals surface area contributed by atoms with Crippen LogP contribution in [0.25, 0.3) is 0 Å². The van der Waals surface area contributed by atoms with Gasteiger partial charge in [-0.15, -0.1) is 0 Å². The van der Waals surface area contributed by atoms with Gasteiger partial charge < -0.3 is 5.32 Å². The summed E-state index contributed by atoms with van der Waals surface area (Å²) in [6, 6.07) is 10.5. The third kappa shape index (κ3) is 4.68. The SMILES string of the molecule is CCNC(Cc1cc(F)cc(Br)c1)c1ccc(Cl)c(Cl)c1. The summed E-state index contributed by atoms with van der Waals surface area (Å²) in [7, 11) is 0. The molecule has 2 rings (SSSR count). The molecule has 0 saturated carbocycles. The van der Waals surface area contributed by atoms with Crippen LogP contribution in [-0.4, -0.2) is 6.54 Å². The molecule has 0 aromatic heterocycles. The first-order valence-corrected chi connectivity index (χ1v) is 8.17. The van der Waals surface area contributed by atoms with Gasteiger partial charge in [0.2, 0.25) is 0 Å². The largest absolute Gasteiger partial charge is 0.310 e. The molecule has 0 spiro atoms. The highest BCUT2D eigenvalue weighted by Crippen LogP contribution is 2.28. The molecule has 1 atom stereocenters. The van der Waals surface area contributed by atoms with Gasteiger partial charge in [0.25, 0.3) is 0 Å². The van der Waals surface area contributed by atoms with E-state index in [-0.39, 0.29) is 11.9 Å². The number of likely N-dealkylation sites (N-methyl/N-ethyl adjacent to an activating group) is 1. The first-order chi connectivity index (χ1) is 9.99. The fourth-order valence-electron chi connectivity index (χ4n) is 2.25. The van der Waals surface area contributed by atoms with Crippen LogP contribution in [-0.2, 0) is 6.42 Å². The highest BCUT2D eigenvalue weighted by atomic mass is 79.9. The van der Waals surface area contributed by atoms with Gasteiger partial charge in [0, 0.05) is 10.5 Å². The molecule has 1 nitrogen and oxygen atoms in total. The topological polar surface area (TPSA) is 12.0 Å². The molecule has 0 aliphatic rings. The van der Waals surface area contributed by atoms with Crippen LogP contribution in [0.5, 0.6) is 0 Å². The summed E-state index contributed by atoms with van der Waals surface area (Å²) in [6.07, 6.45) is 0.669. The zero-order valence-corrected chi connectivity index (χ0v) is 14.6. The molecule has 1 N–H and O–H groups in total. The van der Waals surface area contributed by atoms with Crippen LogP contribution in [0.1, 0.15) is 24.1 Å². The molecule has 0 aliphatic carbocycles. The Morgan fingerprint density at radius 1 is 1.14 bits per heavy atom. The number of hydrogen-bond acceptors (Lipinski definition) is 1. The summed E-state index contributed by atoms with van der Waals surface area (Å²) in [4.78, 5) is 0. The minimum atomic E-state index is -0.247. The van der Waals surface area contributed by atoms with Crippen molar-refractivity contribution in [3.05, 3.63) is 67.9 Å². The van der Waals surface area contributed by atoms with Crippen LogP contribution in [0.3, 0.4) is 0 Å². The maximum Gasteiger partial charge on any atom is 0.124 e. The van der Waals surface area contributed by atoms with E-state index >= 15 is 0 Å². The second-order valence-corrected chi connectivity index (χ2v) is 6.50. The lowest BCUT2D eigenvalue weighted by Gasteiger charge is -2.19. The Bertz CT molecular complexity index is 613. The second kappa shape index (κ2) is 7.59. The maximum absolute atomic E-state index is 13.5. The monoisotopic (exact) mass is 389 g/mol. The molecular weight excluding hydrogens is 376 g/mol. The van der Waals surface area contributed by atoms with Gasteiger partial charge in [0.15, 0.2) is 0 Å². The highest BCUT2D eigenvalue weighted by Gasteiger charge is 2.13. The summed E-state index contributed by atoms with van der Waals surface area (Å²) in [5.74, 6) is -0.247.